The summed E-state index contributed by atoms with van der Waals surface area (Å²) >= 11 is 0. The monoisotopic (exact) mass is 294 g/mol. The van der Waals surface area contributed by atoms with Gasteiger partial charge in [0.25, 0.3) is 0 Å². The van der Waals surface area contributed by atoms with Crippen LogP contribution in [0.1, 0.15) is 59.8 Å². The number of piperazine rings is 1. The van der Waals surface area contributed by atoms with E-state index < -0.39 is 12.6 Å². The molecule has 1 fully saturated rings. The molecule has 1 aliphatic heterocycles. The van der Waals surface area contributed by atoms with Crippen molar-refractivity contribution < 1.29 is 13.2 Å². The molecule has 5 heteroatoms. The molecule has 0 radical (unpaired) electrons. The Bertz CT molecular complexity index is 300. The summed E-state index contributed by atoms with van der Waals surface area (Å²) in [6.45, 7) is 10.8. The quantitative estimate of drug-likeness (QED) is 0.797. The smallest absolute Gasteiger partial charge is 0.308 e. The van der Waals surface area contributed by atoms with Gasteiger partial charge in [0.05, 0.1) is 0 Å². The Kier molecular flexibility index (Phi) is 5.90. The zero-order valence-corrected chi connectivity index (χ0v) is 13.2. The molecular formula is C15H29F3N2. The van der Waals surface area contributed by atoms with Gasteiger partial charge in [-0.25, -0.2) is 0 Å². The first-order valence-corrected chi connectivity index (χ1v) is 7.77. The van der Waals surface area contributed by atoms with E-state index in [1.807, 2.05) is 0 Å². The molecule has 0 aliphatic carbocycles. The van der Waals surface area contributed by atoms with Gasteiger partial charge in [-0.2, -0.15) is 13.2 Å². The highest BCUT2D eigenvalue weighted by molar-refractivity contribution is 5.02. The van der Waals surface area contributed by atoms with Crippen molar-refractivity contribution in [3.8, 4) is 0 Å². The highest BCUT2D eigenvalue weighted by Crippen LogP contribution is 2.32. The molecule has 0 aromatic rings. The SMILES string of the molecule is CCC1(C)CN(CCCC(F)(F)F)C(CC)(CC)CN1. The molecule has 1 heterocycles. The minimum Gasteiger partial charge on any atom is -0.308 e. The molecule has 0 aromatic heterocycles. The summed E-state index contributed by atoms with van der Waals surface area (Å²) in [5.74, 6) is 0. The summed E-state index contributed by atoms with van der Waals surface area (Å²) in [6.07, 6.45) is -1.57. The van der Waals surface area contributed by atoms with Crippen molar-refractivity contribution in [2.24, 2.45) is 0 Å². The van der Waals surface area contributed by atoms with Crippen LogP contribution in [0.5, 0.6) is 0 Å². The van der Waals surface area contributed by atoms with Gasteiger partial charge in [0, 0.05) is 30.6 Å². The lowest BCUT2D eigenvalue weighted by Gasteiger charge is -2.53. The van der Waals surface area contributed by atoms with Crippen molar-refractivity contribution in [3.05, 3.63) is 0 Å². The lowest BCUT2D eigenvalue weighted by atomic mass is 9.82. The standard InChI is InChI=1S/C15H29F3N2/c1-5-13(4)12-20(10-8-9-15(16,17)18)14(6-2,7-3)11-19-13/h19H,5-12H2,1-4H3. The molecule has 1 atom stereocenters. The largest absolute Gasteiger partial charge is 0.389 e. The van der Waals surface area contributed by atoms with Gasteiger partial charge >= 0.3 is 6.18 Å². The van der Waals surface area contributed by atoms with Crippen LogP contribution in [0, 0.1) is 0 Å². The summed E-state index contributed by atoms with van der Waals surface area (Å²) in [6, 6.07) is 0. The minimum atomic E-state index is -4.04. The van der Waals surface area contributed by atoms with E-state index in [2.05, 4.69) is 37.9 Å². The fraction of sp³-hybridized carbons (Fsp3) is 1.00. The van der Waals surface area contributed by atoms with Gasteiger partial charge in [0.2, 0.25) is 0 Å². The Labute approximate surface area is 121 Å². The second-order valence-electron chi connectivity index (χ2n) is 6.34. The van der Waals surface area contributed by atoms with Crippen LogP contribution in [-0.2, 0) is 0 Å². The predicted molar refractivity (Wildman–Crippen MR) is 76.9 cm³/mol. The zero-order valence-electron chi connectivity index (χ0n) is 13.2. The highest BCUT2D eigenvalue weighted by Gasteiger charge is 2.42. The molecule has 0 amide bonds. The molecule has 1 saturated heterocycles. The van der Waals surface area contributed by atoms with E-state index in [-0.39, 0.29) is 17.5 Å². The van der Waals surface area contributed by atoms with Crippen molar-refractivity contribution in [1.82, 2.24) is 10.2 Å². The number of alkyl halides is 3. The van der Waals surface area contributed by atoms with Crippen LogP contribution in [0.3, 0.4) is 0 Å². The number of nitrogens with one attached hydrogen (secondary N) is 1. The van der Waals surface area contributed by atoms with E-state index in [4.69, 9.17) is 0 Å². The van der Waals surface area contributed by atoms with Crippen molar-refractivity contribution in [2.75, 3.05) is 19.6 Å². The van der Waals surface area contributed by atoms with Crippen molar-refractivity contribution in [3.63, 3.8) is 0 Å². The van der Waals surface area contributed by atoms with Gasteiger partial charge < -0.3 is 5.32 Å². The third-order valence-electron chi connectivity index (χ3n) is 5.04. The van der Waals surface area contributed by atoms with Gasteiger partial charge in [-0.15, -0.1) is 0 Å². The molecule has 120 valence electrons. The Balaban J connectivity index is 2.72. The van der Waals surface area contributed by atoms with Crippen LogP contribution in [-0.4, -0.2) is 41.8 Å². The maximum absolute atomic E-state index is 12.4. The molecular weight excluding hydrogens is 265 g/mol. The van der Waals surface area contributed by atoms with Crippen LogP contribution in [0.4, 0.5) is 13.2 Å². The lowest BCUT2D eigenvalue weighted by molar-refractivity contribution is -0.137. The van der Waals surface area contributed by atoms with Crippen LogP contribution >= 0.6 is 0 Å². The summed E-state index contributed by atoms with van der Waals surface area (Å²) in [5, 5.41) is 3.61. The first kappa shape index (κ1) is 17.8. The fourth-order valence-electron chi connectivity index (χ4n) is 3.11. The van der Waals surface area contributed by atoms with Crippen LogP contribution in [0.25, 0.3) is 0 Å². The Morgan fingerprint density at radius 2 is 1.70 bits per heavy atom. The molecule has 2 nitrogen and oxygen atoms in total. The van der Waals surface area contributed by atoms with E-state index in [0.29, 0.717) is 6.54 Å². The Hall–Kier alpha value is -0.290. The molecule has 20 heavy (non-hydrogen) atoms. The first-order chi connectivity index (χ1) is 9.20. The second-order valence-corrected chi connectivity index (χ2v) is 6.34. The van der Waals surface area contributed by atoms with E-state index in [0.717, 1.165) is 32.4 Å². The van der Waals surface area contributed by atoms with Gasteiger partial charge in [-0.05, 0) is 39.2 Å². The summed E-state index contributed by atoms with van der Waals surface area (Å²) < 4.78 is 37.1. The molecule has 1 unspecified atom stereocenters. The van der Waals surface area contributed by atoms with Gasteiger partial charge in [-0.1, -0.05) is 20.8 Å². The predicted octanol–water partition coefficient (Wildman–Crippen LogP) is 3.96. The van der Waals surface area contributed by atoms with Crippen molar-refractivity contribution >= 4 is 0 Å². The molecule has 0 bridgehead atoms. The molecule has 1 rings (SSSR count). The number of nitrogens with zero attached hydrogens (tertiary/aromatic N) is 1. The zero-order chi connectivity index (χ0) is 15.4. The summed E-state index contributed by atoms with van der Waals surface area (Å²) in [7, 11) is 0. The van der Waals surface area contributed by atoms with E-state index in [1.165, 1.54) is 0 Å². The molecule has 1 aliphatic rings. The maximum atomic E-state index is 12.4. The van der Waals surface area contributed by atoms with E-state index in [9.17, 15) is 13.2 Å². The van der Waals surface area contributed by atoms with Crippen LogP contribution in [0.15, 0.2) is 0 Å². The van der Waals surface area contributed by atoms with Gasteiger partial charge in [0.15, 0.2) is 0 Å². The normalized spacial score (nSPS) is 27.8. The van der Waals surface area contributed by atoms with Crippen LogP contribution < -0.4 is 5.32 Å². The highest BCUT2D eigenvalue weighted by atomic mass is 19.4. The topological polar surface area (TPSA) is 15.3 Å². The Morgan fingerprint density at radius 3 is 2.15 bits per heavy atom. The average molecular weight is 294 g/mol. The van der Waals surface area contributed by atoms with Crippen LogP contribution in [0.2, 0.25) is 0 Å². The number of hydrogen-bond donors (Lipinski definition) is 1. The third kappa shape index (κ3) is 4.35. The third-order valence-corrected chi connectivity index (χ3v) is 5.04. The molecule has 0 spiro atoms. The van der Waals surface area contributed by atoms with Crippen molar-refractivity contribution in [2.45, 2.75) is 77.1 Å². The summed E-state index contributed by atoms with van der Waals surface area (Å²) in [4.78, 5) is 2.30. The molecule has 0 saturated carbocycles. The lowest BCUT2D eigenvalue weighted by Crippen LogP contribution is -2.68. The number of hydrogen-bond acceptors (Lipinski definition) is 2. The average Bonchev–Trinajstić information content (AvgIpc) is 2.38. The molecule has 0 aromatic carbocycles. The summed E-state index contributed by atoms with van der Waals surface area (Å²) in [5.41, 5.74) is 0.0341. The van der Waals surface area contributed by atoms with Gasteiger partial charge in [0.1, 0.15) is 0 Å². The van der Waals surface area contributed by atoms with Crippen molar-refractivity contribution in [1.29, 1.82) is 0 Å². The molecule has 1 N–H and O–H groups in total. The number of rotatable bonds is 6. The van der Waals surface area contributed by atoms with Gasteiger partial charge in [-0.3, -0.25) is 4.90 Å². The number of halogens is 3. The Morgan fingerprint density at radius 1 is 1.10 bits per heavy atom. The minimum absolute atomic E-state index is 0.0142. The second kappa shape index (κ2) is 6.65. The first-order valence-electron chi connectivity index (χ1n) is 7.77. The fourth-order valence-corrected chi connectivity index (χ4v) is 3.11. The van der Waals surface area contributed by atoms with E-state index in [1.54, 1.807) is 0 Å². The van der Waals surface area contributed by atoms with E-state index >= 15 is 0 Å². The maximum Gasteiger partial charge on any atom is 0.389 e.